The zero-order valence-corrected chi connectivity index (χ0v) is 16.6. The highest BCUT2D eigenvalue weighted by atomic mass is 32.1. The van der Waals surface area contributed by atoms with Crippen LogP contribution in [0.3, 0.4) is 0 Å². The molecule has 0 fully saturated rings. The summed E-state index contributed by atoms with van der Waals surface area (Å²) < 4.78 is 4.41. The quantitative estimate of drug-likeness (QED) is 0.0892. The fourth-order valence-corrected chi connectivity index (χ4v) is 2.26. The second-order valence-corrected chi connectivity index (χ2v) is 6.26. The molecule has 30 heavy (non-hydrogen) atoms. The van der Waals surface area contributed by atoms with Gasteiger partial charge >= 0.3 is 18.0 Å². The molecule has 2 unspecified atom stereocenters. The summed E-state index contributed by atoms with van der Waals surface area (Å²) >= 11 is 3.93. The molecule has 0 aromatic heterocycles. The average molecular weight is 442 g/mol. The third-order valence-electron chi connectivity index (χ3n) is 3.62. The fraction of sp³-hybridized carbons (Fsp3) is 0.353. The largest absolute Gasteiger partial charge is 0.480 e. The van der Waals surface area contributed by atoms with E-state index < -0.39 is 48.5 Å². The van der Waals surface area contributed by atoms with Crippen molar-refractivity contribution in [1.29, 1.82) is 0 Å². The monoisotopic (exact) mass is 442 g/mol. The van der Waals surface area contributed by atoms with Crippen LogP contribution in [0.5, 0.6) is 0 Å². The number of hydroxylamine groups is 1. The number of aliphatic carboxylic acids is 1. The molecule has 164 valence electrons. The topological polar surface area (TPSA) is 188 Å². The number of nitrogens with two attached hydrogens (primary N) is 1. The molecule has 0 aliphatic carbocycles. The van der Waals surface area contributed by atoms with Crippen molar-refractivity contribution in [3.05, 3.63) is 30.3 Å². The van der Waals surface area contributed by atoms with Crippen molar-refractivity contribution >= 4 is 48.2 Å². The van der Waals surface area contributed by atoms with Crippen molar-refractivity contribution in [2.75, 3.05) is 17.4 Å². The van der Waals surface area contributed by atoms with Crippen LogP contribution in [-0.4, -0.2) is 64.5 Å². The van der Waals surface area contributed by atoms with Crippen molar-refractivity contribution in [2.45, 2.75) is 24.9 Å². The van der Waals surface area contributed by atoms with E-state index in [0.717, 1.165) is 0 Å². The molecule has 12 nitrogen and oxygen atoms in total. The number of carboxylic acid groups (broad SMARTS) is 1. The van der Waals surface area contributed by atoms with Gasteiger partial charge in [-0.3, -0.25) is 19.6 Å². The highest BCUT2D eigenvalue weighted by molar-refractivity contribution is 7.80. The number of amides is 3. The first-order valence-electron chi connectivity index (χ1n) is 8.60. The number of nitrogens with zero attached hydrogens (tertiary/aromatic N) is 1. The van der Waals surface area contributed by atoms with Gasteiger partial charge in [0.05, 0.1) is 5.69 Å². The van der Waals surface area contributed by atoms with Gasteiger partial charge in [0.15, 0.2) is 0 Å². The molecular formula is C17H22N4O8S. The minimum Gasteiger partial charge on any atom is -0.480 e. The molecule has 0 saturated heterocycles. The van der Waals surface area contributed by atoms with Crippen molar-refractivity contribution in [3.63, 3.8) is 0 Å². The number of nitrogens with one attached hydrogen (secondary N) is 2. The van der Waals surface area contributed by atoms with Gasteiger partial charge in [0.25, 0.3) is 0 Å². The molecule has 0 spiro atoms. The summed E-state index contributed by atoms with van der Waals surface area (Å²) in [7, 11) is 0. The van der Waals surface area contributed by atoms with Gasteiger partial charge in [0.2, 0.25) is 11.8 Å². The molecule has 0 radical (unpaired) electrons. The van der Waals surface area contributed by atoms with E-state index >= 15 is 0 Å². The highest BCUT2D eigenvalue weighted by Gasteiger charge is 2.23. The highest BCUT2D eigenvalue weighted by Crippen LogP contribution is 2.11. The van der Waals surface area contributed by atoms with Gasteiger partial charge in [-0.15, -0.1) is 0 Å². The van der Waals surface area contributed by atoms with E-state index in [0.29, 0.717) is 0 Å². The second-order valence-electron chi connectivity index (χ2n) is 5.89. The molecule has 0 aliphatic heterocycles. The molecule has 13 heteroatoms. The lowest BCUT2D eigenvalue weighted by Gasteiger charge is -2.17. The van der Waals surface area contributed by atoms with E-state index in [9.17, 15) is 29.2 Å². The number of anilines is 1. The number of carbonyl (C=O) groups excluding carboxylic acids is 4. The Balaban J connectivity index is 2.44. The normalized spacial score (nSPS) is 12.2. The standard InChI is InChI=1S/C17H22N4O8S/c18-11(16(25)26)6-7-13(22)20-12(9-30)15(24)19-8-14(23)29-17(27)21(28)10-4-2-1-3-5-10/h1-5,11-12,28,30H,6-9,18H2,(H,19,24)(H,20,22)(H,25,26). The zero-order chi connectivity index (χ0) is 22.7. The van der Waals surface area contributed by atoms with Gasteiger partial charge in [0, 0.05) is 12.2 Å². The lowest BCUT2D eigenvalue weighted by molar-refractivity contribution is -0.139. The number of esters is 1. The number of hydrogen-bond donors (Lipinski definition) is 6. The third kappa shape index (κ3) is 8.46. The molecule has 0 aliphatic rings. The summed E-state index contributed by atoms with van der Waals surface area (Å²) in [6, 6.07) is 5.22. The molecule has 2 atom stereocenters. The van der Waals surface area contributed by atoms with Crippen molar-refractivity contribution in [3.8, 4) is 0 Å². The first kappa shape index (κ1) is 24.9. The predicted octanol–water partition coefficient (Wildman–Crippen LogP) is -0.732. The van der Waals surface area contributed by atoms with Crippen LogP contribution in [-0.2, 0) is 23.9 Å². The van der Waals surface area contributed by atoms with Crippen molar-refractivity contribution in [1.82, 2.24) is 10.6 Å². The summed E-state index contributed by atoms with van der Waals surface area (Å²) in [5.74, 6) is -3.94. The first-order chi connectivity index (χ1) is 14.1. The Morgan fingerprint density at radius 3 is 2.37 bits per heavy atom. The summed E-state index contributed by atoms with van der Waals surface area (Å²) in [4.78, 5) is 57.9. The molecular weight excluding hydrogens is 420 g/mol. The molecule has 3 amide bonds. The lowest BCUT2D eigenvalue weighted by Crippen LogP contribution is -2.49. The zero-order valence-electron chi connectivity index (χ0n) is 15.7. The van der Waals surface area contributed by atoms with Crippen molar-refractivity contribution in [2.24, 2.45) is 5.73 Å². The number of para-hydroxylation sites is 1. The summed E-state index contributed by atoms with van der Waals surface area (Å²) in [5.41, 5.74) is 5.36. The summed E-state index contributed by atoms with van der Waals surface area (Å²) in [6.45, 7) is -0.711. The van der Waals surface area contributed by atoms with E-state index in [1.54, 1.807) is 18.2 Å². The second kappa shape index (κ2) is 12.4. The SMILES string of the molecule is NC(CCC(=O)NC(CS)C(=O)NCC(=O)OC(=O)N(O)c1ccccc1)C(=O)O. The van der Waals surface area contributed by atoms with Crippen LogP contribution in [0.15, 0.2) is 30.3 Å². The Kier molecular flexibility index (Phi) is 10.3. The Morgan fingerprint density at radius 1 is 1.17 bits per heavy atom. The number of hydrogen-bond acceptors (Lipinski definition) is 9. The summed E-state index contributed by atoms with van der Waals surface area (Å²) in [6.07, 6.45) is -1.72. The number of carboxylic acids is 1. The first-order valence-corrected chi connectivity index (χ1v) is 9.24. The van der Waals surface area contributed by atoms with Gasteiger partial charge in [-0.1, -0.05) is 18.2 Å². The number of rotatable bonds is 10. The molecule has 0 heterocycles. The molecule has 0 saturated carbocycles. The van der Waals surface area contributed by atoms with E-state index in [4.69, 9.17) is 10.8 Å². The molecule has 0 bridgehead atoms. The van der Waals surface area contributed by atoms with Crippen molar-refractivity contribution < 1.29 is 39.0 Å². The predicted molar refractivity (Wildman–Crippen MR) is 106 cm³/mol. The average Bonchev–Trinajstić information content (AvgIpc) is 2.73. The minimum atomic E-state index is -1.37. The Morgan fingerprint density at radius 2 is 1.80 bits per heavy atom. The Hall–Kier alpha value is -3.16. The maximum absolute atomic E-state index is 12.1. The van der Waals surface area contributed by atoms with Gasteiger partial charge in [0.1, 0.15) is 18.6 Å². The van der Waals surface area contributed by atoms with E-state index in [-0.39, 0.29) is 29.3 Å². The fourth-order valence-electron chi connectivity index (χ4n) is 2.00. The molecule has 1 aromatic rings. The molecule has 6 N–H and O–H groups in total. The maximum Gasteiger partial charge on any atom is 0.446 e. The van der Waals surface area contributed by atoms with E-state index in [1.165, 1.54) is 12.1 Å². The third-order valence-corrected chi connectivity index (χ3v) is 3.98. The van der Waals surface area contributed by atoms with Crippen LogP contribution in [0, 0.1) is 0 Å². The number of ether oxygens (including phenoxy) is 1. The molecule has 1 aromatic carbocycles. The van der Waals surface area contributed by atoms with Gasteiger partial charge < -0.3 is 26.2 Å². The van der Waals surface area contributed by atoms with E-state index in [2.05, 4.69) is 28.0 Å². The number of benzene rings is 1. The van der Waals surface area contributed by atoms with Crippen LogP contribution >= 0.6 is 12.6 Å². The Labute approximate surface area is 176 Å². The van der Waals surface area contributed by atoms with Crippen LogP contribution < -0.4 is 21.4 Å². The maximum atomic E-state index is 12.1. The van der Waals surface area contributed by atoms with Gasteiger partial charge in [-0.05, 0) is 18.6 Å². The van der Waals surface area contributed by atoms with Gasteiger partial charge in [-0.25, -0.2) is 9.59 Å². The van der Waals surface area contributed by atoms with Crippen LogP contribution in [0.2, 0.25) is 0 Å². The number of thiol groups is 1. The van der Waals surface area contributed by atoms with Gasteiger partial charge in [-0.2, -0.15) is 17.7 Å². The number of carbonyl (C=O) groups is 5. The van der Waals surface area contributed by atoms with E-state index in [1.807, 2.05) is 0 Å². The van der Waals surface area contributed by atoms with Crippen LogP contribution in [0.4, 0.5) is 10.5 Å². The smallest absolute Gasteiger partial charge is 0.446 e. The summed E-state index contributed by atoms with van der Waals surface area (Å²) in [5, 5.41) is 23.0. The Bertz CT molecular complexity index is 776. The minimum absolute atomic E-state index is 0.0693. The van der Waals surface area contributed by atoms with Crippen LogP contribution in [0.25, 0.3) is 0 Å². The van der Waals surface area contributed by atoms with Crippen LogP contribution in [0.1, 0.15) is 12.8 Å². The lowest BCUT2D eigenvalue weighted by atomic mass is 10.1. The molecule has 1 rings (SSSR count).